The van der Waals surface area contributed by atoms with Crippen molar-refractivity contribution in [3.05, 3.63) is 45.4 Å². The number of amides is 1. The van der Waals surface area contributed by atoms with E-state index in [2.05, 4.69) is 26.8 Å². The number of nitrogens with one attached hydrogen (secondary N) is 2. The van der Waals surface area contributed by atoms with Crippen molar-refractivity contribution >= 4 is 33.8 Å². The topological polar surface area (TPSA) is 118 Å². The average molecular weight is 434 g/mol. The Labute approximate surface area is 185 Å². The molecule has 8 heteroatoms. The van der Waals surface area contributed by atoms with E-state index in [0.29, 0.717) is 39.5 Å². The van der Waals surface area contributed by atoms with Crippen molar-refractivity contribution in [2.45, 2.75) is 40.0 Å². The highest BCUT2D eigenvalue weighted by Gasteiger charge is 2.23. The van der Waals surface area contributed by atoms with Crippen LogP contribution in [-0.2, 0) is 4.74 Å². The number of fused-ring (bicyclic) bond motifs is 5. The maximum Gasteiger partial charge on any atom is 0.254 e. The third kappa shape index (κ3) is 3.65. The monoisotopic (exact) mass is 433 g/mol. The van der Waals surface area contributed by atoms with Crippen LogP contribution in [0.1, 0.15) is 54.7 Å². The molecule has 3 aromatic heterocycles. The summed E-state index contributed by atoms with van der Waals surface area (Å²) in [6, 6.07) is 3.24. The number of benzene rings is 1. The molecule has 1 aromatic carbocycles. The highest BCUT2D eigenvalue weighted by Crippen LogP contribution is 2.28. The first-order chi connectivity index (χ1) is 15.5. The molecule has 0 aliphatic carbocycles. The zero-order valence-electron chi connectivity index (χ0n) is 18.5. The summed E-state index contributed by atoms with van der Waals surface area (Å²) < 4.78 is 7.17. The molecule has 0 unspecified atom stereocenters. The van der Waals surface area contributed by atoms with Gasteiger partial charge >= 0.3 is 0 Å². The number of carbonyl (C=O) groups is 1. The zero-order chi connectivity index (χ0) is 22.8. The van der Waals surface area contributed by atoms with Gasteiger partial charge in [-0.25, -0.2) is 4.98 Å². The summed E-state index contributed by atoms with van der Waals surface area (Å²) in [6.45, 7) is 7.50. The third-order valence-electron chi connectivity index (χ3n) is 5.72. The molecular formula is C24H27N5O3. The van der Waals surface area contributed by atoms with Gasteiger partial charge in [0.15, 0.2) is 5.65 Å². The van der Waals surface area contributed by atoms with Crippen LogP contribution in [0.25, 0.3) is 27.8 Å². The molecule has 166 valence electrons. The maximum absolute atomic E-state index is 12.3. The molecule has 4 N–H and O–H groups in total. The van der Waals surface area contributed by atoms with E-state index < -0.39 is 5.91 Å². The fourth-order valence-electron chi connectivity index (χ4n) is 4.15. The second-order valence-corrected chi connectivity index (χ2v) is 7.70. The lowest BCUT2D eigenvalue weighted by Gasteiger charge is -2.19. The second-order valence-electron chi connectivity index (χ2n) is 7.70. The molecule has 0 spiro atoms. The molecule has 1 fully saturated rings. The minimum Gasteiger partial charge on any atom is -0.381 e. The van der Waals surface area contributed by atoms with Crippen LogP contribution >= 0.6 is 0 Å². The van der Waals surface area contributed by atoms with Crippen molar-refractivity contribution in [3.8, 4) is 11.8 Å². The number of aryl methyl sites for hydroxylation is 1. The highest BCUT2D eigenvalue weighted by atomic mass is 16.5. The standard InChI is InChI=1S/C22H21N5O3.C2H6/c1-12-5-6-15(28)17-19(12)27-21(26-17)16(20(23)29)18-22(27)25-14(11-24-18)4-2-3-13-7-9-30-10-8-13;1-2/h5-6,11,13,24-25H,3,7-10H2,1H3,(H2,23,29);1-2H3. The van der Waals surface area contributed by atoms with Gasteiger partial charge in [-0.3, -0.25) is 14.0 Å². The summed E-state index contributed by atoms with van der Waals surface area (Å²) in [4.78, 5) is 35.4. The molecule has 1 aliphatic rings. The van der Waals surface area contributed by atoms with E-state index in [-0.39, 0.29) is 11.0 Å². The maximum atomic E-state index is 12.3. The number of aromatic nitrogens is 4. The molecular weight excluding hydrogens is 406 g/mol. The van der Waals surface area contributed by atoms with Crippen LogP contribution in [0.2, 0.25) is 0 Å². The number of primary amides is 1. The van der Waals surface area contributed by atoms with Crippen molar-refractivity contribution in [1.29, 1.82) is 0 Å². The number of nitrogens with zero attached hydrogens (tertiary/aromatic N) is 2. The van der Waals surface area contributed by atoms with E-state index in [1.807, 2.05) is 20.8 Å². The SMILES string of the molecule is CC.Cc1ccc(=O)c2nc3c(C(N)=O)c4[nH]cc(C#CCC5CCOCC5)[nH]c4n3c12. The summed E-state index contributed by atoms with van der Waals surface area (Å²) in [5, 5.41) is 0. The lowest BCUT2D eigenvalue weighted by molar-refractivity contribution is 0.0678. The van der Waals surface area contributed by atoms with Crippen molar-refractivity contribution in [3.63, 3.8) is 0 Å². The third-order valence-corrected chi connectivity index (χ3v) is 5.72. The fourth-order valence-corrected chi connectivity index (χ4v) is 4.15. The van der Waals surface area contributed by atoms with E-state index in [9.17, 15) is 9.59 Å². The van der Waals surface area contributed by atoms with Gasteiger partial charge in [-0.1, -0.05) is 25.8 Å². The quantitative estimate of drug-likeness (QED) is 0.421. The molecule has 0 atom stereocenters. The molecule has 0 saturated carbocycles. The Morgan fingerprint density at radius 1 is 1.31 bits per heavy atom. The van der Waals surface area contributed by atoms with E-state index in [0.717, 1.165) is 38.0 Å². The Balaban J connectivity index is 0.00000119. The lowest BCUT2D eigenvalue weighted by atomic mass is 9.97. The molecule has 5 rings (SSSR count). The number of imidazole rings is 1. The van der Waals surface area contributed by atoms with Gasteiger partial charge in [0.25, 0.3) is 5.91 Å². The lowest BCUT2D eigenvalue weighted by Crippen LogP contribution is -2.14. The summed E-state index contributed by atoms with van der Waals surface area (Å²) in [5.41, 5.74) is 9.74. The highest BCUT2D eigenvalue weighted by molar-refractivity contribution is 6.12. The molecule has 0 bridgehead atoms. The smallest absolute Gasteiger partial charge is 0.254 e. The summed E-state index contributed by atoms with van der Waals surface area (Å²) in [7, 11) is 0. The normalized spacial score (nSPS) is 14.2. The van der Waals surface area contributed by atoms with Crippen LogP contribution in [0.15, 0.2) is 23.1 Å². The van der Waals surface area contributed by atoms with Crippen LogP contribution < -0.4 is 11.2 Å². The fraction of sp³-hybridized carbons (Fsp3) is 0.375. The number of aromatic amines is 2. The molecule has 8 nitrogen and oxygen atoms in total. The van der Waals surface area contributed by atoms with Gasteiger partial charge in [-0.05, 0) is 43.2 Å². The number of H-pyrrole nitrogens is 2. The predicted molar refractivity (Wildman–Crippen MR) is 125 cm³/mol. The Kier molecular flexibility index (Phi) is 6.01. The first-order valence-electron chi connectivity index (χ1n) is 11.0. The van der Waals surface area contributed by atoms with Gasteiger partial charge < -0.3 is 20.4 Å². The number of rotatable bonds is 2. The van der Waals surface area contributed by atoms with E-state index >= 15 is 0 Å². The van der Waals surface area contributed by atoms with Crippen LogP contribution in [0.4, 0.5) is 0 Å². The number of hydrogen-bond acceptors (Lipinski definition) is 4. The van der Waals surface area contributed by atoms with Gasteiger partial charge in [-0.15, -0.1) is 0 Å². The summed E-state index contributed by atoms with van der Waals surface area (Å²) >= 11 is 0. The molecule has 4 aromatic rings. The molecule has 0 radical (unpaired) electrons. The van der Waals surface area contributed by atoms with Gasteiger partial charge in [0.2, 0.25) is 5.43 Å². The van der Waals surface area contributed by atoms with Gasteiger partial charge in [0.1, 0.15) is 22.4 Å². The first-order valence-corrected chi connectivity index (χ1v) is 11.0. The Bertz CT molecular complexity index is 1420. The van der Waals surface area contributed by atoms with Gasteiger partial charge in [0, 0.05) is 25.8 Å². The second kappa shape index (κ2) is 8.89. The van der Waals surface area contributed by atoms with Crippen molar-refractivity contribution in [1.82, 2.24) is 19.4 Å². The van der Waals surface area contributed by atoms with E-state index in [4.69, 9.17) is 10.5 Å². The van der Waals surface area contributed by atoms with Crippen LogP contribution in [0, 0.1) is 24.7 Å². The Morgan fingerprint density at radius 3 is 2.78 bits per heavy atom. The molecule has 1 aliphatic heterocycles. The number of carbonyl (C=O) groups excluding carboxylic acids is 1. The Hall–Kier alpha value is -3.57. The molecule has 1 amide bonds. The van der Waals surface area contributed by atoms with Crippen molar-refractivity contribution in [2.24, 2.45) is 11.7 Å². The van der Waals surface area contributed by atoms with Crippen molar-refractivity contribution < 1.29 is 9.53 Å². The summed E-state index contributed by atoms with van der Waals surface area (Å²) in [5.74, 6) is 6.35. The molecule has 32 heavy (non-hydrogen) atoms. The molecule has 4 heterocycles. The minimum atomic E-state index is -0.613. The van der Waals surface area contributed by atoms with E-state index in [1.165, 1.54) is 6.07 Å². The number of nitrogens with two attached hydrogens (primary N) is 1. The van der Waals surface area contributed by atoms with E-state index in [1.54, 1.807) is 16.7 Å². The summed E-state index contributed by atoms with van der Waals surface area (Å²) in [6.07, 6.45) is 4.60. The van der Waals surface area contributed by atoms with Crippen molar-refractivity contribution in [2.75, 3.05) is 13.2 Å². The number of ether oxygens (including phenoxy) is 1. The average Bonchev–Trinajstić information content (AvgIpc) is 3.34. The Morgan fingerprint density at radius 2 is 2.06 bits per heavy atom. The number of hydrogen-bond donors (Lipinski definition) is 3. The van der Waals surface area contributed by atoms with Gasteiger partial charge in [-0.2, -0.15) is 0 Å². The van der Waals surface area contributed by atoms with Gasteiger partial charge in [0.05, 0.1) is 11.0 Å². The van der Waals surface area contributed by atoms with Crippen LogP contribution in [-0.4, -0.2) is 38.5 Å². The largest absolute Gasteiger partial charge is 0.381 e. The van der Waals surface area contributed by atoms with Crippen LogP contribution in [0.3, 0.4) is 0 Å². The minimum absolute atomic E-state index is 0.195. The predicted octanol–water partition coefficient (Wildman–Crippen LogP) is 3.26. The zero-order valence-corrected chi connectivity index (χ0v) is 18.5. The first kappa shape index (κ1) is 21.7. The van der Waals surface area contributed by atoms with Crippen LogP contribution in [0.5, 0.6) is 0 Å². The molecule has 1 saturated heterocycles.